The van der Waals surface area contributed by atoms with Gasteiger partial charge in [0, 0.05) is 0 Å². The second-order valence-electron chi connectivity index (χ2n) is 1.07. The van der Waals surface area contributed by atoms with E-state index >= 15 is 0 Å². The van der Waals surface area contributed by atoms with Gasteiger partial charge in [-0.25, -0.2) is 8.42 Å². The van der Waals surface area contributed by atoms with Crippen molar-refractivity contribution in [2.24, 2.45) is 0 Å². The third-order valence-electron chi connectivity index (χ3n) is 0.305. The summed E-state index contributed by atoms with van der Waals surface area (Å²) in [5.74, 6) is -6.24. The van der Waals surface area contributed by atoms with Gasteiger partial charge < -0.3 is 9.11 Å². The molecule has 0 bridgehead atoms. The van der Waals surface area contributed by atoms with Crippen LogP contribution in [0.15, 0.2) is 0 Å². The Morgan fingerprint density at radius 3 is 0.917 bits per heavy atom. The molecule has 0 aromatic carbocycles. The average Bonchev–Trinajstić information content (AvgIpc) is 1.88. The van der Waals surface area contributed by atoms with Crippen molar-refractivity contribution in [3.63, 3.8) is 0 Å². The lowest BCUT2D eigenvalue weighted by Crippen LogP contribution is -1.97. The van der Waals surface area contributed by atoms with E-state index in [1.165, 1.54) is 0 Å². The Balaban J connectivity index is 0. The Kier molecular flexibility index (Phi) is 9.14. The molecule has 2 atom stereocenters. The third kappa shape index (κ3) is 12.6. The molecule has 2 N–H and O–H groups in total. The average molecular weight is 232 g/mol. The smallest absolute Gasteiger partial charge is 0.302 e. The molecule has 0 aromatic rings. The van der Waals surface area contributed by atoms with E-state index in [0.29, 0.717) is 0 Å². The van der Waals surface area contributed by atoms with Gasteiger partial charge >= 0.3 is 11.5 Å². The van der Waals surface area contributed by atoms with Gasteiger partial charge in [-0.2, -0.15) is 17.6 Å². The van der Waals surface area contributed by atoms with Crippen LogP contribution in [0.5, 0.6) is 0 Å². The second kappa shape index (κ2) is 7.58. The quantitative estimate of drug-likeness (QED) is 0.547. The predicted octanol–water partition coefficient (Wildman–Crippen LogP) is 0.861. The van der Waals surface area contributed by atoms with Crippen molar-refractivity contribution in [1.29, 1.82) is 0 Å². The van der Waals surface area contributed by atoms with Gasteiger partial charge in [0.15, 0.2) is 0 Å². The molecular weight excluding hydrogens is 228 g/mol. The van der Waals surface area contributed by atoms with Crippen LogP contribution < -0.4 is 0 Å². The zero-order valence-corrected chi connectivity index (χ0v) is 6.83. The summed E-state index contributed by atoms with van der Waals surface area (Å²) in [7, 11) is 0. The van der Waals surface area contributed by atoms with E-state index < -0.39 is 33.7 Å². The zero-order chi connectivity index (χ0) is 10.3. The van der Waals surface area contributed by atoms with E-state index in [0.717, 1.165) is 0 Å². The van der Waals surface area contributed by atoms with Gasteiger partial charge in [-0.15, -0.1) is 0 Å². The predicted molar refractivity (Wildman–Crippen MR) is 33.6 cm³/mol. The zero-order valence-electron chi connectivity index (χ0n) is 5.19. The van der Waals surface area contributed by atoms with E-state index in [-0.39, 0.29) is 0 Å². The monoisotopic (exact) mass is 232 g/mol. The number of halogens is 4. The summed E-state index contributed by atoms with van der Waals surface area (Å²) in [6.07, 6.45) is 0. The summed E-state index contributed by atoms with van der Waals surface area (Å²) in [6, 6.07) is 0. The SMILES string of the molecule is O=S(O)C(F)F.O=S(O)C(F)F. The molecule has 76 valence electrons. The lowest BCUT2D eigenvalue weighted by Gasteiger charge is -1.82. The Bertz CT molecular complexity index is 143. The first-order valence-electron chi connectivity index (χ1n) is 2.04. The van der Waals surface area contributed by atoms with Crippen molar-refractivity contribution >= 4 is 22.2 Å². The first kappa shape index (κ1) is 14.5. The van der Waals surface area contributed by atoms with Crippen molar-refractivity contribution in [3.05, 3.63) is 0 Å². The summed E-state index contributed by atoms with van der Waals surface area (Å²) in [5.41, 5.74) is 0. The lowest BCUT2D eigenvalue weighted by atomic mass is 11.7. The van der Waals surface area contributed by atoms with Crippen LogP contribution in [0.4, 0.5) is 17.6 Å². The van der Waals surface area contributed by atoms with Gasteiger partial charge in [-0.1, -0.05) is 0 Å². The minimum atomic E-state index is -3.12. The van der Waals surface area contributed by atoms with Gasteiger partial charge in [-0.05, 0) is 0 Å². The Hall–Kier alpha value is -0.0600. The minimum absolute atomic E-state index is 2.95. The Morgan fingerprint density at radius 1 is 0.833 bits per heavy atom. The van der Waals surface area contributed by atoms with Gasteiger partial charge in [0.2, 0.25) is 22.2 Å². The van der Waals surface area contributed by atoms with E-state index in [1.807, 2.05) is 0 Å². The maximum atomic E-state index is 10.6. The van der Waals surface area contributed by atoms with Gasteiger partial charge in [0.25, 0.3) is 0 Å². The van der Waals surface area contributed by atoms with Gasteiger partial charge in [0.1, 0.15) is 0 Å². The molecule has 0 aliphatic rings. The summed E-state index contributed by atoms with van der Waals surface area (Å²) in [6.45, 7) is 0. The summed E-state index contributed by atoms with van der Waals surface area (Å²) in [5, 5.41) is 0. The van der Waals surface area contributed by atoms with Crippen LogP contribution in [-0.4, -0.2) is 29.0 Å². The molecule has 0 saturated carbocycles. The largest absolute Gasteiger partial charge is 0.336 e. The summed E-state index contributed by atoms with van der Waals surface area (Å²) in [4.78, 5) is 0. The van der Waals surface area contributed by atoms with Crippen molar-refractivity contribution in [3.8, 4) is 0 Å². The maximum Gasteiger partial charge on any atom is 0.336 e. The fraction of sp³-hybridized carbons (Fsp3) is 1.00. The molecule has 0 saturated heterocycles. The van der Waals surface area contributed by atoms with Crippen LogP contribution in [0.25, 0.3) is 0 Å². The first-order valence-corrected chi connectivity index (χ1v) is 4.38. The van der Waals surface area contributed by atoms with E-state index in [4.69, 9.17) is 17.5 Å². The molecule has 4 nitrogen and oxygen atoms in total. The highest BCUT2D eigenvalue weighted by Gasteiger charge is 2.07. The highest BCUT2D eigenvalue weighted by molar-refractivity contribution is 7.79. The lowest BCUT2D eigenvalue weighted by molar-refractivity contribution is 0.231. The van der Waals surface area contributed by atoms with E-state index in [1.54, 1.807) is 0 Å². The molecule has 10 heteroatoms. The molecule has 0 spiro atoms. The minimum Gasteiger partial charge on any atom is -0.302 e. The fourth-order valence-electron chi connectivity index (χ4n) is 0. The second-order valence-corrected chi connectivity index (χ2v) is 2.89. The van der Waals surface area contributed by atoms with Crippen LogP contribution in [-0.2, 0) is 22.2 Å². The molecule has 0 aliphatic heterocycles. The molecule has 12 heavy (non-hydrogen) atoms. The molecule has 0 amide bonds. The van der Waals surface area contributed by atoms with E-state index in [2.05, 4.69) is 0 Å². The fourth-order valence-corrected chi connectivity index (χ4v) is 0. The van der Waals surface area contributed by atoms with Crippen molar-refractivity contribution < 1.29 is 35.1 Å². The molecule has 0 radical (unpaired) electrons. The number of alkyl halides is 4. The molecule has 0 fully saturated rings. The molecule has 0 rings (SSSR count). The third-order valence-corrected chi connectivity index (χ3v) is 0.915. The number of rotatable bonds is 2. The highest BCUT2D eigenvalue weighted by Crippen LogP contribution is 1.93. The van der Waals surface area contributed by atoms with Crippen LogP contribution >= 0.6 is 0 Å². The maximum absolute atomic E-state index is 10.6. The van der Waals surface area contributed by atoms with Crippen molar-refractivity contribution in [1.82, 2.24) is 0 Å². The molecule has 2 unspecified atom stereocenters. The van der Waals surface area contributed by atoms with Crippen LogP contribution in [0, 0.1) is 0 Å². The molecular formula is C2H4F4O4S2. The van der Waals surface area contributed by atoms with Crippen LogP contribution in [0.1, 0.15) is 0 Å². The molecule has 0 aliphatic carbocycles. The Labute approximate surface area is 69.5 Å². The topological polar surface area (TPSA) is 74.6 Å². The summed E-state index contributed by atoms with van der Waals surface area (Å²) < 4.78 is 75.3. The molecule has 0 aromatic heterocycles. The van der Waals surface area contributed by atoms with Gasteiger partial charge in [-0.3, -0.25) is 0 Å². The van der Waals surface area contributed by atoms with Gasteiger partial charge in [0.05, 0.1) is 0 Å². The van der Waals surface area contributed by atoms with Crippen LogP contribution in [0.2, 0.25) is 0 Å². The van der Waals surface area contributed by atoms with Crippen molar-refractivity contribution in [2.45, 2.75) is 11.5 Å². The highest BCUT2D eigenvalue weighted by atomic mass is 32.2. The standard InChI is InChI=1S/2CH2F2O2S/c2*2-1(3)6(4)5/h2*1H,(H,4,5). The number of hydrogen-bond acceptors (Lipinski definition) is 2. The van der Waals surface area contributed by atoms with Crippen LogP contribution in [0.3, 0.4) is 0 Å². The normalized spacial score (nSPS) is 15.3. The van der Waals surface area contributed by atoms with E-state index in [9.17, 15) is 17.6 Å². The summed E-state index contributed by atoms with van der Waals surface area (Å²) >= 11 is -5.90. The Morgan fingerprint density at radius 2 is 0.917 bits per heavy atom. The molecule has 0 heterocycles. The van der Waals surface area contributed by atoms with Crippen molar-refractivity contribution in [2.75, 3.05) is 0 Å². The number of hydrogen-bond donors (Lipinski definition) is 2. The first-order chi connectivity index (χ1) is 5.29.